The Balaban J connectivity index is 2.16. The minimum absolute atomic E-state index is 0.0106. The molecule has 3 aromatic carbocycles. The number of halogens is 4. The molecule has 2 atom stereocenters. The molecule has 0 radical (unpaired) electrons. The summed E-state index contributed by atoms with van der Waals surface area (Å²) < 4.78 is 55.8. The van der Waals surface area contributed by atoms with Crippen molar-refractivity contribution in [2.75, 3.05) is 4.90 Å². The van der Waals surface area contributed by atoms with Crippen molar-refractivity contribution in [1.82, 2.24) is 0 Å². The lowest BCUT2D eigenvalue weighted by Crippen LogP contribution is -2.48. The van der Waals surface area contributed by atoms with E-state index in [0.29, 0.717) is 17.0 Å². The topological polar surface area (TPSA) is 83.7 Å². The fraction of sp³-hybridized carbons (Fsp3) is 0.174. The van der Waals surface area contributed by atoms with Gasteiger partial charge in [0, 0.05) is 11.8 Å². The molecule has 0 bridgehead atoms. The third kappa shape index (κ3) is 4.85. The van der Waals surface area contributed by atoms with Gasteiger partial charge in [-0.05, 0) is 36.8 Å². The summed E-state index contributed by atoms with van der Waals surface area (Å²) in [6, 6.07) is 16.6. The van der Waals surface area contributed by atoms with Gasteiger partial charge in [0.15, 0.2) is 11.8 Å². The standard InChI is InChI=1S/C23H18F4N2O4/c1-22(31,20(24)15-8-4-2-5-9-15)21(30)28(16-10-6-3-7-11-16)17-12-13-19(29(32)33)18(14-17)23(25,26)27/h2-14,20,31H,1H3. The molecule has 0 aliphatic heterocycles. The highest BCUT2D eigenvalue weighted by Crippen LogP contribution is 2.41. The summed E-state index contributed by atoms with van der Waals surface area (Å²) in [4.78, 5) is 24.0. The molecule has 3 rings (SSSR count). The molecule has 6 nitrogen and oxygen atoms in total. The second-order valence-electron chi connectivity index (χ2n) is 7.35. The van der Waals surface area contributed by atoms with E-state index in [1.54, 1.807) is 12.1 Å². The van der Waals surface area contributed by atoms with Gasteiger partial charge >= 0.3 is 6.18 Å². The Morgan fingerprint density at radius 3 is 2.03 bits per heavy atom. The highest BCUT2D eigenvalue weighted by atomic mass is 19.4. The second-order valence-corrected chi connectivity index (χ2v) is 7.35. The Morgan fingerprint density at radius 1 is 0.970 bits per heavy atom. The second kappa shape index (κ2) is 8.99. The number of benzene rings is 3. The van der Waals surface area contributed by atoms with Crippen LogP contribution in [0.5, 0.6) is 0 Å². The Morgan fingerprint density at radius 2 is 1.52 bits per heavy atom. The zero-order valence-electron chi connectivity index (χ0n) is 17.2. The Hall–Kier alpha value is -3.79. The first-order valence-corrected chi connectivity index (χ1v) is 9.61. The molecule has 1 amide bonds. The van der Waals surface area contributed by atoms with Crippen LogP contribution in [0.15, 0.2) is 78.9 Å². The van der Waals surface area contributed by atoms with E-state index >= 15 is 4.39 Å². The molecule has 0 aliphatic rings. The van der Waals surface area contributed by atoms with E-state index in [0.717, 1.165) is 13.0 Å². The summed E-state index contributed by atoms with van der Waals surface area (Å²) in [5, 5.41) is 22.0. The van der Waals surface area contributed by atoms with Crippen LogP contribution in [-0.2, 0) is 11.0 Å². The van der Waals surface area contributed by atoms with Crippen LogP contribution in [0.3, 0.4) is 0 Å². The highest BCUT2D eigenvalue weighted by Gasteiger charge is 2.45. The monoisotopic (exact) mass is 462 g/mol. The lowest BCUT2D eigenvalue weighted by molar-refractivity contribution is -0.388. The van der Waals surface area contributed by atoms with E-state index < -0.39 is 45.7 Å². The van der Waals surface area contributed by atoms with Crippen molar-refractivity contribution in [2.45, 2.75) is 24.9 Å². The van der Waals surface area contributed by atoms with Crippen molar-refractivity contribution >= 4 is 23.0 Å². The van der Waals surface area contributed by atoms with E-state index in [9.17, 15) is 33.2 Å². The maximum Gasteiger partial charge on any atom is 0.423 e. The summed E-state index contributed by atoms with van der Waals surface area (Å²) >= 11 is 0. The number of nitro benzene ring substituents is 1. The van der Waals surface area contributed by atoms with Crippen molar-refractivity contribution in [1.29, 1.82) is 0 Å². The fourth-order valence-electron chi connectivity index (χ4n) is 3.29. The Bertz CT molecular complexity index is 1150. The van der Waals surface area contributed by atoms with Gasteiger partial charge in [-0.2, -0.15) is 13.2 Å². The molecule has 0 spiro atoms. The van der Waals surface area contributed by atoms with E-state index in [1.807, 2.05) is 0 Å². The number of rotatable bonds is 6. The summed E-state index contributed by atoms with van der Waals surface area (Å²) in [7, 11) is 0. The van der Waals surface area contributed by atoms with Gasteiger partial charge in [-0.25, -0.2) is 4.39 Å². The van der Waals surface area contributed by atoms with Crippen molar-refractivity contribution in [2.24, 2.45) is 0 Å². The molecule has 3 aromatic rings. The van der Waals surface area contributed by atoms with Crippen molar-refractivity contribution in [3.05, 3.63) is 100 Å². The van der Waals surface area contributed by atoms with Gasteiger partial charge in [0.25, 0.3) is 11.6 Å². The first-order chi connectivity index (χ1) is 15.4. The largest absolute Gasteiger partial charge is 0.423 e. The number of nitro groups is 1. The van der Waals surface area contributed by atoms with E-state index in [2.05, 4.69) is 0 Å². The molecule has 1 N–H and O–H groups in total. The third-order valence-electron chi connectivity index (χ3n) is 4.98. The highest BCUT2D eigenvalue weighted by molar-refractivity contribution is 6.05. The first-order valence-electron chi connectivity index (χ1n) is 9.61. The summed E-state index contributed by atoms with van der Waals surface area (Å²) in [6.07, 6.45) is -7.31. The minimum Gasteiger partial charge on any atom is -0.377 e. The number of amides is 1. The van der Waals surface area contributed by atoms with Gasteiger partial charge < -0.3 is 5.11 Å². The van der Waals surface area contributed by atoms with Gasteiger partial charge in [-0.1, -0.05) is 48.5 Å². The number of alkyl halides is 4. The van der Waals surface area contributed by atoms with Crippen LogP contribution in [0.25, 0.3) is 0 Å². The average Bonchev–Trinajstić information content (AvgIpc) is 2.79. The summed E-state index contributed by atoms with van der Waals surface area (Å²) in [5.41, 5.74) is -5.88. The minimum atomic E-state index is -5.10. The van der Waals surface area contributed by atoms with Crippen LogP contribution in [0.4, 0.5) is 34.6 Å². The van der Waals surface area contributed by atoms with Crippen LogP contribution < -0.4 is 4.90 Å². The normalized spacial score (nSPS) is 14.2. The number of para-hydroxylation sites is 1. The van der Waals surface area contributed by atoms with Gasteiger partial charge in [0.1, 0.15) is 5.56 Å². The predicted octanol–water partition coefficient (Wildman–Crippen LogP) is 5.74. The molecule has 0 saturated carbocycles. The van der Waals surface area contributed by atoms with E-state index in [4.69, 9.17) is 0 Å². The lowest BCUT2D eigenvalue weighted by atomic mass is 9.92. The molecule has 0 aromatic heterocycles. The smallest absolute Gasteiger partial charge is 0.377 e. The van der Waals surface area contributed by atoms with Crippen molar-refractivity contribution in [3.8, 4) is 0 Å². The summed E-state index contributed by atoms with van der Waals surface area (Å²) in [5.74, 6) is -1.26. The third-order valence-corrected chi connectivity index (χ3v) is 4.98. The van der Waals surface area contributed by atoms with Gasteiger partial charge in [0.05, 0.1) is 10.6 Å². The SMILES string of the molecule is CC(O)(C(=O)N(c1ccccc1)c1ccc([N+](=O)[O-])c(C(F)(F)F)c1)C(F)c1ccccc1. The average molecular weight is 462 g/mol. The zero-order valence-corrected chi connectivity index (χ0v) is 17.2. The van der Waals surface area contributed by atoms with Crippen LogP contribution in [-0.4, -0.2) is 21.5 Å². The Labute approximate surface area is 185 Å². The molecule has 0 heterocycles. The number of carbonyl (C=O) groups is 1. The fourth-order valence-corrected chi connectivity index (χ4v) is 3.29. The number of nitrogens with zero attached hydrogens (tertiary/aromatic N) is 2. The van der Waals surface area contributed by atoms with Crippen molar-refractivity contribution < 1.29 is 32.4 Å². The number of aliphatic hydroxyl groups is 1. The number of hydrogen-bond acceptors (Lipinski definition) is 4. The molecule has 33 heavy (non-hydrogen) atoms. The van der Waals surface area contributed by atoms with Crippen LogP contribution in [0.2, 0.25) is 0 Å². The van der Waals surface area contributed by atoms with Gasteiger partial charge in [-0.15, -0.1) is 0 Å². The number of hydrogen-bond donors (Lipinski definition) is 1. The maximum atomic E-state index is 15.2. The molecule has 0 saturated heterocycles. The summed E-state index contributed by atoms with van der Waals surface area (Å²) in [6.45, 7) is 0.916. The lowest BCUT2D eigenvalue weighted by Gasteiger charge is -2.33. The zero-order chi connectivity index (χ0) is 24.4. The van der Waals surface area contributed by atoms with Gasteiger partial charge in [0.2, 0.25) is 0 Å². The number of anilines is 2. The molecule has 2 unspecified atom stereocenters. The van der Waals surface area contributed by atoms with Crippen molar-refractivity contribution in [3.63, 3.8) is 0 Å². The Kier molecular flexibility index (Phi) is 6.50. The number of carbonyl (C=O) groups excluding carboxylic acids is 1. The molecular formula is C23H18F4N2O4. The molecule has 0 aliphatic carbocycles. The predicted molar refractivity (Wildman–Crippen MR) is 113 cm³/mol. The molecule has 10 heteroatoms. The van der Waals surface area contributed by atoms with Crippen LogP contribution >= 0.6 is 0 Å². The van der Waals surface area contributed by atoms with Crippen LogP contribution in [0, 0.1) is 10.1 Å². The molecule has 0 fully saturated rings. The van der Waals surface area contributed by atoms with Crippen LogP contribution in [0.1, 0.15) is 24.2 Å². The quantitative estimate of drug-likeness (QED) is 0.288. The molecular weight excluding hydrogens is 444 g/mol. The first kappa shape index (κ1) is 23.9. The van der Waals surface area contributed by atoms with E-state index in [1.165, 1.54) is 48.5 Å². The van der Waals surface area contributed by atoms with Gasteiger partial charge in [-0.3, -0.25) is 19.8 Å². The maximum absolute atomic E-state index is 15.2. The van der Waals surface area contributed by atoms with E-state index in [-0.39, 0.29) is 11.3 Å². The molecule has 172 valence electrons.